The number of hydrogen-bond donors (Lipinski definition) is 1. The summed E-state index contributed by atoms with van der Waals surface area (Å²) in [5, 5.41) is 8.73. The predicted molar refractivity (Wildman–Crippen MR) is 74.9 cm³/mol. The lowest BCUT2D eigenvalue weighted by Gasteiger charge is -2.31. The van der Waals surface area contributed by atoms with E-state index in [1.807, 2.05) is 0 Å². The Morgan fingerprint density at radius 2 is 1.76 bits per heavy atom. The van der Waals surface area contributed by atoms with E-state index in [0.29, 0.717) is 25.9 Å². The van der Waals surface area contributed by atoms with Gasteiger partial charge in [-0.05, 0) is 30.9 Å². The van der Waals surface area contributed by atoms with Crippen molar-refractivity contribution < 1.29 is 23.5 Å². The number of hydrogen-bond acceptors (Lipinski definition) is 2. The van der Waals surface area contributed by atoms with Crippen LogP contribution in [-0.2, 0) is 4.79 Å². The Balaban J connectivity index is 2.07. The van der Waals surface area contributed by atoms with Crippen LogP contribution in [0.15, 0.2) is 16.6 Å². The molecular formula is C14H14BrF2NO3. The van der Waals surface area contributed by atoms with Crippen LogP contribution < -0.4 is 0 Å². The lowest BCUT2D eigenvalue weighted by molar-refractivity contribution is -0.138. The Kier molecular flexibility index (Phi) is 4.92. The number of aliphatic carboxylic acids is 1. The van der Waals surface area contributed by atoms with Gasteiger partial charge in [-0.25, -0.2) is 8.78 Å². The Hall–Kier alpha value is -1.50. The van der Waals surface area contributed by atoms with Gasteiger partial charge < -0.3 is 10.0 Å². The minimum absolute atomic E-state index is 0.00571. The standard InChI is InChI=1S/C14H14BrF2NO3/c15-9-6-10(16)13(11(17)7-9)14(21)18-3-1-8(2-4-18)5-12(19)20/h6-8H,1-5H2,(H,19,20). The van der Waals surface area contributed by atoms with Gasteiger partial charge in [-0.2, -0.15) is 0 Å². The molecule has 1 N–H and O–H groups in total. The molecule has 1 aromatic rings. The summed E-state index contributed by atoms with van der Waals surface area (Å²) in [5.41, 5.74) is -0.560. The molecule has 0 spiro atoms. The van der Waals surface area contributed by atoms with E-state index in [1.54, 1.807) is 0 Å². The van der Waals surface area contributed by atoms with E-state index in [9.17, 15) is 18.4 Å². The topological polar surface area (TPSA) is 57.6 Å². The monoisotopic (exact) mass is 361 g/mol. The number of carboxylic acid groups (broad SMARTS) is 1. The van der Waals surface area contributed by atoms with E-state index < -0.39 is 29.1 Å². The first-order chi connectivity index (χ1) is 9.88. The summed E-state index contributed by atoms with van der Waals surface area (Å²) in [6.45, 7) is 0.622. The highest BCUT2D eigenvalue weighted by Gasteiger charge is 2.28. The van der Waals surface area contributed by atoms with Crippen LogP contribution in [0.5, 0.6) is 0 Å². The molecule has 1 fully saturated rings. The SMILES string of the molecule is O=C(O)CC1CCN(C(=O)c2c(F)cc(Br)cc2F)CC1. The van der Waals surface area contributed by atoms with Crippen LogP contribution >= 0.6 is 15.9 Å². The van der Waals surface area contributed by atoms with Crippen molar-refractivity contribution in [1.82, 2.24) is 4.90 Å². The molecular weight excluding hydrogens is 348 g/mol. The summed E-state index contributed by atoms with van der Waals surface area (Å²) in [7, 11) is 0. The van der Waals surface area contributed by atoms with Gasteiger partial charge in [0.05, 0.1) is 0 Å². The average Bonchev–Trinajstić information content (AvgIpc) is 2.37. The van der Waals surface area contributed by atoms with Crippen LogP contribution in [0.4, 0.5) is 8.78 Å². The van der Waals surface area contributed by atoms with Crippen molar-refractivity contribution >= 4 is 27.8 Å². The van der Waals surface area contributed by atoms with Crippen LogP contribution in [-0.4, -0.2) is 35.0 Å². The van der Waals surface area contributed by atoms with Gasteiger partial charge in [-0.15, -0.1) is 0 Å². The maximum atomic E-state index is 13.8. The summed E-state index contributed by atoms with van der Waals surface area (Å²) in [4.78, 5) is 24.2. The maximum Gasteiger partial charge on any atom is 0.303 e. The van der Waals surface area contributed by atoms with Gasteiger partial charge >= 0.3 is 5.97 Å². The van der Waals surface area contributed by atoms with E-state index in [4.69, 9.17) is 5.11 Å². The van der Waals surface area contributed by atoms with Gasteiger partial charge in [0.2, 0.25) is 0 Å². The molecule has 0 radical (unpaired) electrons. The zero-order valence-electron chi connectivity index (χ0n) is 11.1. The van der Waals surface area contributed by atoms with Crippen LogP contribution in [0.25, 0.3) is 0 Å². The molecule has 0 unspecified atom stereocenters. The first-order valence-corrected chi connectivity index (χ1v) is 7.33. The molecule has 21 heavy (non-hydrogen) atoms. The number of carbonyl (C=O) groups is 2. The number of halogens is 3. The summed E-state index contributed by atoms with van der Waals surface area (Å²) < 4.78 is 27.8. The smallest absolute Gasteiger partial charge is 0.303 e. The molecule has 7 heteroatoms. The van der Waals surface area contributed by atoms with Crippen molar-refractivity contribution in [2.45, 2.75) is 19.3 Å². The quantitative estimate of drug-likeness (QED) is 0.899. The van der Waals surface area contributed by atoms with Gasteiger partial charge in [0, 0.05) is 24.0 Å². The number of piperidine rings is 1. The van der Waals surface area contributed by atoms with Crippen LogP contribution in [0.2, 0.25) is 0 Å². The van der Waals surface area contributed by atoms with Gasteiger partial charge in [0.25, 0.3) is 5.91 Å². The number of carboxylic acids is 1. The molecule has 2 rings (SSSR count). The number of carbonyl (C=O) groups excluding carboxylic acids is 1. The highest BCUT2D eigenvalue weighted by Crippen LogP contribution is 2.25. The summed E-state index contributed by atoms with van der Waals surface area (Å²) in [6.07, 6.45) is 1.11. The van der Waals surface area contributed by atoms with Gasteiger partial charge in [-0.1, -0.05) is 15.9 Å². The van der Waals surface area contributed by atoms with Crippen LogP contribution in [0.1, 0.15) is 29.6 Å². The number of amides is 1. The van der Waals surface area contributed by atoms with E-state index in [1.165, 1.54) is 4.90 Å². The predicted octanol–water partition coefficient (Wildman–Crippen LogP) is 3.05. The van der Waals surface area contributed by atoms with E-state index in [-0.39, 0.29) is 16.8 Å². The number of likely N-dealkylation sites (tertiary alicyclic amines) is 1. The number of rotatable bonds is 3. The molecule has 0 aromatic heterocycles. The fourth-order valence-corrected chi connectivity index (χ4v) is 2.89. The molecule has 1 amide bonds. The Morgan fingerprint density at radius 1 is 1.24 bits per heavy atom. The summed E-state index contributed by atoms with van der Waals surface area (Å²) in [6, 6.07) is 2.10. The molecule has 1 aliphatic rings. The molecule has 0 bridgehead atoms. The lowest BCUT2D eigenvalue weighted by atomic mass is 9.93. The number of nitrogens with zero attached hydrogens (tertiary/aromatic N) is 1. The molecule has 0 saturated carbocycles. The van der Waals surface area contributed by atoms with Crippen LogP contribution in [0, 0.1) is 17.6 Å². The van der Waals surface area contributed by atoms with Crippen molar-refractivity contribution in [2.75, 3.05) is 13.1 Å². The third-order valence-corrected chi connectivity index (χ3v) is 4.04. The van der Waals surface area contributed by atoms with Crippen molar-refractivity contribution in [3.05, 3.63) is 33.8 Å². The molecule has 1 saturated heterocycles. The Morgan fingerprint density at radius 3 is 2.24 bits per heavy atom. The van der Waals surface area contributed by atoms with Gasteiger partial charge in [0.1, 0.15) is 17.2 Å². The van der Waals surface area contributed by atoms with E-state index >= 15 is 0 Å². The van der Waals surface area contributed by atoms with Crippen LogP contribution in [0.3, 0.4) is 0 Å². The second-order valence-corrected chi connectivity index (χ2v) is 5.99. The molecule has 114 valence electrons. The highest BCUT2D eigenvalue weighted by molar-refractivity contribution is 9.10. The fraction of sp³-hybridized carbons (Fsp3) is 0.429. The minimum Gasteiger partial charge on any atom is -0.481 e. The second-order valence-electron chi connectivity index (χ2n) is 5.08. The van der Waals surface area contributed by atoms with Crippen molar-refractivity contribution in [3.8, 4) is 0 Å². The van der Waals surface area contributed by atoms with Crippen molar-refractivity contribution in [1.29, 1.82) is 0 Å². The van der Waals surface area contributed by atoms with E-state index in [2.05, 4.69) is 15.9 Å². The van der Waals surface area contributed by atoms with E-state index in [0.717, 1.165) is 12.1 Å². The first-order valence-electron chi connectivity index (χ1n) is 6.54. The van der Waals surface area contributed by atoms with Crippen molar-refractivity contribution in [2.24, 2.45) is 5.92 Å². The molecule has 1 aromatic carbocycles. The first kappa shape index (κ1) is 15.9. The number of benzene rings is 1. The van der Waals surface area contributed by atoms with Gasteiger partial charge in [0.15, 0.2) is 0 Å². The molecule has 1 aliphatic heterocycles. The minimum atomic E-state index is -0.903. The third kappa shape index (κ3) is 3.78. The average molecular weight is 362 g/mol. The summed E-state index contributed by atoms with van der Waals surface area (Å²) in [5.74, 6) is -3.36. The molecule has 0 atom stereocenters. The Labute approximate surface area is 128 Å². The zero-order chi connectivity index (χ0) is 15.6. The summed E-state index contributed by atoms with van der Waals surface area (Å²) >= 11 is 2.96. The fourth-order valence-electron chi connectivity index (χ4n) is 2.49. The molecule has 1 heterocycles. The largest absolute Gasteiger partial charge is 0.481 e. The normalized spacial score (nSPS) is 16.0. The lowest BCUT2D eigenvalue weighted by Crippen LogP contribution is -2.39. The van der Waals surface area contributed by atoms with Crippen molar-refractivity contribution in [3.63, 3.8) is 0 Å². The molecule has 0 aliphatic carbocycles. The maximum absolute atomic E-state index is 13.8. The Bertz CT molecular complexity index is 548. The second kappa shape index (κ2) is 6.51. The molecule has 4 nitrogen and oxygen atoms in total. The third-order valence-electron chi connectivity index (χ3n) is 3.59. The highest BCUT2D eigenvalue weighted by atomic mass is 79.9. The zero-order valence-corrected chi connectivity index (χ0v) is 12.7. The van der Waals surface area contributed by atoms with Gasteiger partial charge in [-0.3, -0.25) is 9.59 Å².